The summed E-state index contributed by atoms with van der Waals surface area (Å²) >= 11 is 2.93. The fourth-order valence-corrected chi connectivity index (χ4v) is 1.06. The normalized spacial score (nSPS) is 9.50. The van der Waals surface area contributed by atoms with Crippen LogP contribution in [0.4, 0.5) is 5.69 Å². The number of hydrogen-bond donors (Lipinski definition) is 0. The highest BCUT2D eigenvalue weighted by atomic mass is 79.9. The summed E-state index contributed by atoms with van der Waals surface area (Å²) in [5, 5.41) is 10.3. The van der Waals surface area contributed by atoms with Crippen molar-refractivity contribution >= 4 is 27.6 Å². The van der Waals surface area contributed by atoms with Crippen molar-refractivity contribution in [1.29, 1.82) is 0 Å². The number of rotatable bonds is 3. The molecule has 0 fully saturated rings. The Morgan fingerprint density at radius 2 is 2.00 bits per heavy atom. The smallest absolute Gasteiger partial charge is 0.338 e. The van der Waals surface area contributed by atoms with Gasteiger partial charge in [0.15, 0.2) is 0 Å². The molecule has 0 aliphatic carbocycles. The number of carbonyl (C=O) groups is 1. The average molecular weight is 260 g/mol. The van der Waals surface area contributed by atoms with E-state index in [1.54, 1.807) is 0 Å². The lowest BCUT2D eigenvalue weighted by molar-refractivity contribution is -0.384. The zero-order chi connectivity index (χ0) is 10.6. The molecule has 0 aromatic heterocycles. The van der Waals surface area contributed by atoms with Crippen LogP contribution in [0.3, 0.4) is 0 Å². The zero-order valence-electron chi connectivity index (χ0n) is 6.97. The molecule has 0 atom stereocenters. The number of non-ortho nitro benzene ring substituents is 1. The molecule has 0 N–H and O–H groups in total. The molecule has 0 heterocycles. The maximum atomic E-state index is 11.1. The molecule has 0 aliphatic rings. The highest BCUT2D eigenvalue weighted by Gasteiger charge is 2.09. The van der Waals surface area contributed by atoms with Gasteiger partial charge in [0.2, 0.25) is 0 Å². The van der Waals surface area contributed by atoms with Crippen LogP contribution in [0.2, 0.25) is 0 Å². The van der Waals surface area contributed by atoms with Crippen molar-refractivity contribution in [2.24, 2.45) is 0 Å². The van der Waals surface area contributed by atoms with E-state index in [9.17, 15) is 14.9 Å². The van der Waals surface area contributed by atoms with E-state index in [0.717, 1.165) is 0 Å². The number of nitro benzene ring substituents is 1. The minimum atomic E-state index is -0.528. The predicted octanol–water partition coefficient (Wildman–Crippen LogP) is 2.10. The lowest BCUT2D eigenvalue weighted by atomic mass is 10.2. The first-order valence-electron chi connectivity index (χ1n) is 3.62. The number of benzene rings is 1. The molecule has 0 saturated carbocycles. The molecule has 1 aromatic carbocycles. The third kappa shape index (κ3) is 2.53. The summed E-state index contributed by atoms with van der Waals surface area (Å²) in [6.45, 7) is 0. The first-order valence-corrected chi connectivity index (χ1v) is 4.75. The van der Waals surface area contributed by atoms with Crippen molar-refractivity contribution in [2.45, 2.75) is 0 Å². The van der Waals surface area contributed by atoms with Crippen LogP contribution in [-0.2, 0) is 4.74 Å². The molecule has 0 bridgehead atoms. The number of nitrogens with zero attached hydrogens (tertiary/aromatic N) is 1. The summed E-state index contributed by atoms with van der Waals surface area (Å²) < 4.78 is 4.64. The van der Waals surface area contributed by atoms with E-state index in [4.69, 9.17) is 0 Å². The maximum Gasteiger partial charge on any atom is 0.338 e. The first kappa shape index (κ1) is 10.6. The van der Waals surface area contributed by atoms with Crippen molar-refractivity contribution in [1.82, 2.24) is 0 Å². The van der Waals surface area contributed by atoms with Crippen molar-refractivity contribution in [2.75, 3.05) is 5.52 Å². The summed E-state index contributed by atoms with van der Waals surface area (Å²) in [7, 11) is 0. The summed E-state index contributed by atoms with van der Waals surface area (Å²) in [5.74, 6) is -0.517. The van der Waals surface area contributed by atoms with Crippen LogP contribution in [0.1, 0.15) is 10.4 Å². The van der Waals surface area contributed by atoms with Gasteiger partial charge in [-0.3, -0.25) is 10.1 Å². The van der Waals surface area contributed by atoms with Crippen molar-refractivity contribution in [3.05, 3.63) is 39.9 Å². The standard InChI is InChI=1S/C8H6BrNO4/c9-5-14-8(11)6-1-3-7(4-2-6)10(12)13/h1-4H,5H2. The van der Waals surface area contributed by atoms with E-state index in [1.807, 2.05) is 0 Å². The fraction of sp³-hybridized carbons (Fsp3) is 0.125. The summed E-state index contributed by atoms with van der Waals surface area (Å²) in [6, 6.07) is 5.21. The molecule has 1 aromatic rings. The van der Waals surface area contributed by atoms with Crippen LogP contribution in [-0.4, -0.2) is 16.4 Å². The highest BCUT2D eigenvalue weighted by molar-refractivity contribution is 9.09. The molecule has 6 heteroatoms. The Morgan fingerprint density at radius 3 is 2.43 bits per heavy atom. The van der Waals surface area contributed by atoms with Gasteiger partial charge >= 0.3 is 5.97 Å². The Balaban J connectivity index is 2.83. The molecule has 0 aliphatic heterocycles. The Labute approximate surface area is 88.0 Å². The van der Waals surface area contributed by atoms with E-state index in [-0.39, 0.29) is 16.8 Å². The quantitative estimate of drug-likeness (QED) is 0.361. The number of esters is 1. The minimum Gasteiger partial charge on any atom is -0.450 e. The predicted molar refractivity (Wildman–Crippen MR) is 52.3 cm³/mol. The molecule has 0 radical (unpaired) electrons. The maximum absolute atomic E-state index is 11.1. The molecule has 0 amide bonds. The van der Waals surface area contributed by atoms with Gasteiger partial charge in [0.1, 0.15) is 5.52 Å². The van der Waals surface area contributed by atoms with Crippen LogP contribution in [0, 0.1) is 10.1 Å². The van der Waals surface area contributed by atoms with Crippen LogP contribution in [0.5, 0.6) is 0 Å². The molecule has 1 rings (SSSR count). The van der Waals surface area contributed by atoms with Gasteiger partial charge in [0, 0.05) is 12.1 Å². The number of halogens is 1. The second-order valence-electron chi connectivity index (χ2n) is 2.34. The first-order chi connectivity index (χ1) is 6.65. The Bertz CT molecular complexity index is 349. The second-order valence-corrected chi connectivity index (χ2v) is 2.80. The van der Waals surface area contributed by atoms with Gasteiger partial charge in [0.25, 0.3) is 5.69 Å². The number of alkyl halides is 1. The van der Waals surface area contributed by atoms with Crippen LogP contribution in [0.25, 0.3) is 0 Å². The Hall–Kier alpha value is -1.43. The molecule has 0 unspecified atom stereocenters. The molecular weight excluding hydrogens is 254 g/mol. The zero-order valence-corrected chi connectivity index (χ0v) is 8.56. The van der Waals surface area contributed by atoms with Crippen molar-refractivity contribution in [3.63, 3.8) is 0 Å². The molecule has 0 saturated heterocycles. The van der Waals surface area contributed by atoms with Gasteiger partial charge < -0.3 is 4.74 Å². The summed E-state index contributed by atoms with van der Waals surface area (Å²) in [4.78, 5) is 20.9. The lowest BCUT2D eigenvalue weighted by Crippen LogP contribution is -2.03. The Morgan fingerprint density at radius 1 is 1.43 bits per heavy atom. The molecule has 0 spiro atoms. The fourth-order valence-electron chi connectivity index (χ4n) is 0.852. The van der Waals surface area contributed by atoms with Gasteiger partial charge in [-0.1, -0.05) is 0 Å². The van der Waals surface area contributed by atoms with Gasteiger partial charge in [-0.05, 0) is 28.1 Å². The number of hydrogen-bond acceptors (Lipinski definition) is 4. The third-order valence-electron chi connectivity index (χ3n) is 1.50. The molecule has 5 nitrogen and oxygen atoms in total. The monoisotopic (exact) mass is 259 g/mol. The lowest BCUT2D eigenvalue weighted by Gasteiger charge is -1.99. The van der Waals surface area contributed by atoms with Crippen molar-refractivity contribution in [3.8, 4) is 0 Å². The van der Waals surface area contributed by atoms with Crippen LogP contribution < -0.4 is 0 Å². The van der Waals surface area contributed by atoms with E-state index < -0.39 is 10.9 Å². The van der Waals surface area contributed by atoms with Gasteiger partial charge in [0.05, 0.1) is 10.5 Å². The van der Waals surface area contributed by atoms with Gasteiger partial charge in [-0.25, -0.2) is 4.79 Å². The number of ether oxygens (including phenoxy) is 1. The SMILES string of the molecule is O=C(OCBr)c1ccc([N+](=O)[O-])cc1. The van der Waals surface area contributed by atoms with E-state index in [2.05, 4.69) is 20.7 Å². The number of carbonyl (C=O) groups excluding carboxylic acids is 1. The third-order valence-corrected chi connectivity index (χ3v) is 1.73. The average Bonchev–Trinajstić information content (AvgIpc) is 2.18. The molecule has 14 heavy (non-hydrogen) atoms. The molecular formula is C8H6BrNO4. The number of nitro groups is 1. The van der Waals surface area contributed by atoms with Crippen LogP contribution >= 0.6 is 15.9 Å². The summed E-state index contributed by atoms with van der Waals surface area (Å²) in [5.41, 5.74) is 0.332. The minimum absolute atomic E-state index is 0.0552. The highest BCUT2D eigenvalue weighted by Crippen LogP contribution is 2.12. The van der Waals surface area contributed by atoms with Gasteiger partial charge in [-0.2, -0.15) is 0 Å². The van der Waals surface area contributed by atoms with E-state index in [1.165, 1.54) is 24.3 Å². The summed E-state index contributed by atoms with van der Waals surface area (Å²) in [6.07, 6.45) is 0. The topological polar surface area (TPSA) is 69.4 Å². The largest absolute Gasteiger partial charge is 0.450 e. The van der Waals surface area contributed by atoms with E-state index in [0.29, 0.717) is 0 Å². The van der Waals surface area contributed by atoms with Gasteiger partial charge in [-0.15, -0.1) is 0 Å². The second kappa shape index (κ2) is 4.71. The van der Waals surface area contributed by atoms with Crippen molar-refractivity contribution < 1.29 is 14.5 Å². The van der Waals surface area contributed by atoms with E-state index >= 15 is 0 Å². The van der Waals surface area contributed by atoms with Crippen LogP contribution in [0.15, 0.2) is 24.3 Å². The molecule has 74 valence electrons. The Kier molecular flexibility index (Phi) is 3.58.